The van der Waals surface area contributed by atoms with Crippen molar-refractivity contribution in [2.24, 2.45) is 28.0 Å². The summed E-state index contributed by atoms with van der Waals surface area (Å²) in [6.07, 6.45) is 8.68. The molecule has 2 heterocycles. The molecule has 2 aromatic heterocycles. The summed E-state index contributed by atoms with van der Waals surface area (Å²) in [5.74, 6) is 0.359. The highest BCUT2D eigenvalue weighted by Gasteiger charge is 2.39. The number of nitrogens with zero attached hydrogens (tertiary/aromatic N) is 3. The molecule has 2 atom stereocenters. The van der Waals surface area contributed by atoms with Gasteiger partial charge in [-0.25, -0.2) is 17.7 Å². The molecule has 34 heavy (non-hydrogen) atoms. The molecule has 1 fully saturated rings. The summed E-state index contributed by atoms with van der Waals surface area (Å²) in [6, 6.07) is 9.54. The van der Waals surface area contributed by atoms with Crippen molar-refractivity contribution < 1.29 is 13.2 Å². The monoisotopic (exact) mass is 481 g/mol. The summed E-state index contributed by atoms with van der Waals surface area (Å²) in [5, 5.41) is 4.37. The number of benzene rings is 1. The zero-order valence-corrected chi connectivity index (χ0v) is 20.8. The third-order valence-electron chi connectivity index (χ3n) is 7.22. The van der Waals surface area contributed by atoms with Gasteiger partial charge in [0.1, 0.15) is 5.69 Å². The fourth-order valence-electron chi connectivity index (χ4n) is 4.52. The second-order valence-electron chi connectivity index (χ2n) is 9.80. The lowest BCUT2D eigenvalue weighted by molar-refractivity contribution is 0.100. The van der Waals surface area contributed by atoms with Crippen LogP contribution in [0.4, 0.5) is 5.69 Å². The summed E-state index contributed by atoms with van der Waals surface area (Å²) in [7, 11) is -3.25. The zero-order valence-electron chi connectivity index (χ0n) is 19.9. The van der Waals surface area contributed by atoms with E-state index in [0.29, 0.717) is 28.6 Å². The molecule has 3 N–H and O–H groups in total. The van der Waals surface area contributed by atoms with E-state index in [1.54, 1.807) is 4.52 Å². The smallest absolute Gasteiger partial charge is 0.252 e. The normalized spacial score (nSPS) is 20.4. The van der Waals surface area contributed by atoms with Gasteiger partial charge in [-0.05, 0) is 47.3 Å². The van der Waals surface area contributed by atoms with Gasteiger partial charge in [0.25, 0.3) is 5.91 Å². The zero-order chi connectivity index (χ0) is 24.7. The van der Waals surface area contributed by atoms with E-state index in [1.165, 1.54) is 6.20 Å². The van der Waals surface area contributed by atoms with Gasteiger partial charge in [0, 0.05) is 24.5 Å². The van der Waals surface area contributed by atoms with Crippen molar-refractivity contribution in [2.45, 2.75) is 40.2 Å². The highest BCUT2D eigenvalue weighted by molar-refractivity contribution is 7.88. The number of nitrogens with two attached hydrogens (primary N) is 1. The van der Waals surface area contributed by atoms with Gasteiger partial charge in [0.2, 0.25) is 10.0 Å². The highest BCUT2D eigenvalue weighted by atomic mass is 32.2. The number of sulfonamides is 1. The number of amides is 1. The summed E-state index contributed by atoms with van der Waals surface area (Å²) < 4.78 is 26.8. The largest absolute Gasteiger partial charge is 0.365 e. The van der Waals surface area contributed by atoms with Crippen LogP contribution in [0.3, 0.4) is 0 Å². The molecule has 2 unspecified atom stereocenters. The van der Waals surface area contributed by atoms with E-state index in [2.05, 4.69) is 30.6 Å². The number of primary amides is 1. The van der Waals surface area contributed by atoms with Crippen LogP contribution in [0.5, 0.6) is 0 Å². The Kier molecular flexibility index (Phi) is 6.35. The average molecular weight is 482 g/mol. The summed E-state index contributed by atoms with van der Waals surface area (Å²) >= 11 is 0. The van der Waals surface area contributed by atoms with Gasteiger partial charge in [0.05, 0.1) is 23.5 Å². The first-order chi connectivity index (χ1) is 16.0. The fourth-order valence-corrected chi connectivity index (χ4v) is 4.95. The second-order valence-corrected chi connectivity index (χ2v) is 11.6. The van der Waals surface area contributed by atoms with Gasteiger partial charge in [-0.1, -0.05) is 45.0 Å². The van der Waals surface area contributed by atoms with Crippen LogP contribution in [-0.4, -0.2) is 36.4 Å². The van der Waals surface area contributed by atoms with Crippen molar-refractivity contribution in [1.82, 2.24) is 14.3 Å². The molecule has 9 heteroatoms. The molecule has 0 saturated heterocycles. The Bertz CT molecular complexity index is 1360. The number of aromatic nitrogens is 2. The Hall–Kier alpha value is -3.04. The minimum absolute atomic E-state index is 0.139. The van der Waals surface area contributed by atoms with E-state index in [1.807, 2.05) is 42.7 Å². The van der Waals surface area contributed by atoms with Gasteiger partial charge >= 0.3 is 0 Å². The number of carbonyl (C=O) groups is 1. The Morgan fingerprint density at radius 2 is 1.97 bits per heavy atom. The van der Waals surface area contributed by atoms with E-state index < -0.39 is 15.9 Å². The standard InChI is InChI=1S/C25H31N5O3S/c1-16-5-10-20(25(16,2)3)13-27-23-21(24(26)31)14-28-30-15-19(11-22(23)30)18-8-6-17(7-9-18)12-29-34(4,32)33/h6-9,11,13-16,20,29H,5,10,12H2,1-4H3,(H2,26,31). The Balaban J connectivity index is 1.68. The van der Waals surface area contributed by atoms with Crippen LogP contribution in [0.15, 0.2) is 47.7 Å². The molecule has 1 aromatic carbocycles. The molecule has 8 nitrogen and oxygen atoms in total. The Morgan fingerprint density at radius 1 is 1.26 bits per heavy atom. The lowest BCUT2D eigenvalue weighted by Crippen LogP contribution is -2.24. The van der Waals surface area contributed by atoms with E-state index in [9.17, 15) is 13.2 Å². The molecular formula is C25H31N5O3S. The first-order valence-corrected chi connectivity index (χ1v) is 13.2. The predicted octanol–water partition coefficient (Wildman–Crippen LogP) is 3.92. The minimum atomic E-state index is -3.25. The SMILES string of the molecule is CC1CCC(C=Nc2c(C(N)=O)cnn3cc(-c4ccc(CNS(C)(=O)=O)cc4)cc23)C1(C)C. The van der Waals surface area contributed by atoms with Gasteiger partial charge in [0.15, 0.2) is 0 Å². The van der Waals surface area contributed by atoms with Crippen molar-refractivity contribution in [3.8, 4) is 11.1 Å². The molecule has 180 valence electrons. The van der Waals surface area contributed by atoms with Crippen molar-refractivity contribution in [3.05, 3.63) is 53.9 Å². The molecule has 0 radical (unpaired) electrons. The van der Waals surface area contributed by atoms with Crippen molar-refractivity contribution >= 4 is 33.3 Å². The van der Waals surface area contributed by atoms with Crippen LogP contribution >= 0.6 is 0 Å². The fraction of sp³-hybridized carbons (Fsp3) is 0.400. The quantitative estimate of drug-likeness (QED) is 0.497. The van der Waals surface area contributed by atoms with Crippen molar-refractivity contribution in [2.75, 3.05) is 6.26 Å². The third-order valence-corrected chi connectivity index (χ3v) is 7.89. The number of hydrogen-bond donors (Lipinski definition) is 2. The summed E-state index contributed by atoms with van der Waals surface area (Å²) in [5.41, 5.74) is 10.0. The second kappa shape index (κ2) is 8.96. The molecule has 0 bridgehead atoms. The molecule has 3 aromatic rings. The van der Waals surface area contributed by atoms with Crippen LogP contribution in [0, 0.1) is 17.3 Å². The van der Waals surface area contributed by atoms with Crippen molar-refractivity contribution in [3.63, 3.8) is 0 Å². The first kappa shape index (κ1) is 24.1. The van der Waals surface area contributed by atoms with Gasteiger partial charge in [-0.3, -0.25) is 9.79 Å². The predicted molar refractivity (Wildman–Crippen MR) is 135 cm³/mol. The number of rotatable bonds is 7. The van der Waals surface area contributed by atoms with Crippen LogP contribution in [0.25, 0.3) is 16.6 Å². The molecule has 1 amide bonds. The minimum Gasteiger partial charge on any atom is -0.365 e. The van der Waals surface area contributed by atoms with Crippen LogP contribution in [-0.2, 0) is 16.6 Å². The number of hydrogen-bond acceptors (Lipinski definition) is 5. The van der Waals surface area contributed by atoms with E-state index in [4.69, 9.17) is 10.7 Å². The first-order valence-electron chi connectivity index (χ1n) is 11.3. The summed E-state index contributed by atoms with van der Waals surface area (Å²) in [6.45, 7) is 7.04. The third kappa shape index (κ3) is 4.90. The maximum atomic E-state index is 12.1. The van der Waals surface area contributed by atoms with E-state index >= 15 is 0 Å². The number of nitrogens with one attached hydrogen (secondary N) is 1. The van der Waals surface area contributed by atoms with Gasteiger partial charge < -0.3 is 5.73 Å². The Labute approximate surface area is 200 Å². The molecule has 1 aliphatic carbocycles. The number of aliphatic imine (C=N–C) groups is 1. The van der Waals surface area contributed by atoms with Crippen molar-refractivity contribution in [1.29, 1.82) is 0 Å². The lowest BCUT2D eigenvalue weighted by atomic mass is 9.77. The van der Waals surface area contributed by atoms with E-state index in [-0.39, 0.29) is 12.0 Å². The Morgan fingerprint density at radius 3 is 2.56 bits per heavy atom. The average Bonchev–Trinajstić information content (AvgIpc) is 3.31. The van der Waals surface area contributed by atoms with Crippen LogP contribution in [0.2, 0.25) is 0 Å². The summed E-state index contributed by atoms with van der Waals surface area (Å²) in [4.78, 5) is 16.9. The molecular weight excluding hydrogens is 450 g/mol. The molecule has 1 aliphatic rings. The highest BCUT2D eigenvalue weighted by Crippen LogP contribution is 2.46. The number of carbonyl (C=O) groups excluding carboxylic acids is 1. The topological polar surface area (TPSA) is 119 Å². The lowest BCUT2D eigenvalue weighted by Gasteiger charge is -2.28. The van der Waals surface area contributed by atoms with Crippen LogP contribution in [0.1, 0.15) is 49.5 Å². The van der Waals surface area contributed by atoms with E-state index in [0.717, 1.165) is 35.8 Å². The molecule has 0 aliphatic heterocycles. The number of fused-ring (bicyclic) bond motifs is 1. The van der Waals surface area contributed by atoms with Gasteiger partial charge in [-0.15, -0.1) is 0 Å². The van der Waals surface area contributed by atoms with Crippen LogP contribution < -0.4 is 10.5 Å². The molecule has 0 spiro atoms. The van der Waals surface area contributed by atoms with Gasteiger partial charge in [-0.2, -0.15) is 5.10 Å². The maximum Gasteiger partial charge on any atom is 0.252 e. The maximum absolute atomic E-state index is 12.1. The molecule has 1 saturated carbocycles. The molecule has 4 rings (SSSR count).